The van der Waals surface area contributed by atoms with Crippen molar-refractivity contribution in [1.29, 1.82) is 0 Å². The number of carbonyl (C=O) groups excluding carboxylic acids is 2. The van der Waals surface area contributed by atoms with E-state index < -0.39 is 0 Å². The number of piperidine rings is 1. The highest BCUT2D eigenvalue weighted by atomic mass is 35.5. The van der Waals surface area contributed by atoms with Crippen LogP contribution in [0.2, 0.25) is 0 Å². The fourth-order valence-corrected chi connectivity index (χ4v) is 2.59. The van der Waals surface area contributed by atoms with E-state index in [1.165, 1.54) is 19.8 Å². The minimum atomic E-state index is -0.128. The van der Waals surface area contributed by atoms with E-state index in [1.54, 1.807) is 24.3 Å². The van der Waals surface area contributed by atoms with E-state index in [1.807, 2.05) is 0 Å². The predicted octanol–water partition coefficient (Wildman–Crippen LogP) is 2.20. The van der Waals surface area contributed by atoms with Gasteiger partial charge in [0, 0.05) is 12.1 Å². The summed E-state index contributed by atoms with van der Waals surface area (Å²) in [5.74, 6) is 1.05. The summed E-state index contributed by atoms with van der Waals surface area (Å²) >= 11 is 0. The van der Waals surface area contributed by atoms with Gasteiger partial charge >= 0.3 is 0 Å². The Morgan fingerprint density at radius 2 is 2.22 bits per heavy atom. The standard InChI is InChI=1S/C17H24N2O3.ClH/c1-13(20)15-5-2-6-16(10-15)22-12-17(21)19-9-7-14-4-3-8-18-11-14;/h2,5-6,10,14,18H,3-4,7-9,11-12H2,1H3,(H,19,21);1H. The van der Waals surface area contributed by atoms with Crippen LogP contribution >= 0.6 is 12.4 Å². The summed E-state index contributed by atoms with van der Waals surface area (Å²) in [4.78, 5) is 23.0. The fourth-order valence-electron chi connectivity index (χ4n) is 2.59. The third-order valence-corrected chi connectivity index (χ3v) is 3.88. The molecule has 128 valence electrons. The third kappa shape index (κ3) is 7.01. The summed E-state index contributed by atoms with van der Waals surface area (Å²) in [6, 6.07) is 6.88. The van der Waals surface area contributed by atoms with Crippen LogP contribution in [-0.2, 0) is 4.79 Å². The Labute approximate surface area is 143 Å². The molecule has 6 heteroatoms. The van der Waals surface area contributed by atoms with Gasteiger partial charge in [-0.15, -0.1) is 12.4 Å². The van der Waals surface area contributed by atoms with Crippen molar-refractivity contribution in [1.82, 2.24) is 10.6 Å². The molecule has 0 spiro atoms. The van der Waals surface area contributed by atoms with Crippen molar-refractivity contribution in [3.05, 3.63) is 29.8 Å². The van der Waals surface area contributed by atoms with Gasteiger partial charge in [0.05, 0.1) is 0 Å². The van der Waals surface area contributed by atoms with E-state index in [-0.39, 0.29) is 30.7 Å². The molecule has 1 aliphatic heterocycles. The Balaban J connectivity index is 0.00000264. The lowest BCUT2D eigenvalue weighted by Crippen LogP contribution is -2.34. The minimum absolute atomic E-state index is 0. The molecule has 1 fully saturated rings. The highest BCUT2D eigenvalue weighted by Crippen LogP contribution is 2.14. The van der Waals surface area contributed by atoms with Gasteiger partial charge in [0.2, 0.25) is 0 Å². The zero-order valence-electron chi connectivity index (χ0n) is 13.5. The molecule has 2 N–H and O–H groups in total. The molecule has 0 bridgehead atoms. The van der Waals surface area contributed by atoms with Gasteiger partial charge in [0.15, 0.2) is 12.4 Å². The normalized spacial score (nSPS) is 17.0. The van der Waals surface area contributed by atoms with Crippen LogP contribution in [0.4, 0.5) is 0 Å². The number of hydrogen-bond donors (Lipinski definition) is 2. The second-order valence-electron chi connectivity index (χ2n) is 5.72. The number of nitrogens with one attached hydrogen (secondary N) is 2. The molecule has 0 aromatic heterocycles. The lowest BCUT2D eigenvalue weighted by atomic mass is 9.96. The SMILES string of the molecule is CC(=O)c1cccc(OCC(=O)NCCC2CCCNC2)c1.Cl. The highest BCUT2D eigenvalue weighted by Gasteiger charge is 2.13. The molecule has 1 aromatic carbocycles. The molecule has 1 amide bonds. The molecule has 2 rings (SSSR count). The molecule has 23 heavy (non-hydrogen) atoms. The number of ether oxygens (including phenoxy) is 1. The quantitative estimate of drug-likeness (QED) is 0.747. The third-order valence-electron chi connectivity index (χ3n) is 3.88. The number of rotatable bonds is 7. The zero-order chi connectivity index (χ0) is 15.8. The smallest absolute Gasteiger partial charge is 0.257 e. The first kappa shape index (κ1) is 19.5. The van der Waals surface area contributed by atoms with Gasteiger partial charge in [0.1, 0.15) is 5.75 Å². The van der Waals surface area contributed by atoms with Crippen molar-refractivity contribution in [2.24, 2.45) is 5.92 Å². The van der Waals surface area contributed by atoms with E-state index in [2.05, 4.69) is 10.6 Å². The topological polar surface area (TPSA) is 67.4 Å². The van der Waals surface area contributed by atoms with Crippen LogP contribution in [0.25, 0.3) is 0 Å². The summed E-state index contributed by atoms with van der Waals surface area (Å²) < 4.78 is 5.42. The van der Waals surface area contributed by atoms with Gasteiger partial charge in [-0.2, -0.15) is 0 Å². The molecule has 1 aliphatic rings. The fraction of sp³-hybridized carbons (Fsp3) is 0.529. The van der Waals surface area contributed by atoms with Crippen molar-refractivity contribution in [3.63, 3.8) is 0 Å². The maximum Gasteiger partial charge on any atom is 0.257 e. The van der Waals surface area contributed by atoms with Gasteiger partial charge in [-0.1, -0.05) is 12.1 Å². The van der Waals surface area contributed by atoms with Crippen LogP contribution in [0.1, 0.15) is 36.5 Å². The monoisotopic (exact) mass is 340 g/mol. The molecular formula is C17H25ClN2O3. The number of ketones is 1. The van der Waals surface area contributed by atoms with E-state index >= 15 is 0 Å². The first-order valence-electron chi connectivity index (χ1n) is 7.86. The molecule has 0 aliphatic carbocycles. The Morgan fingerprint density at radius 3 is 2.91 bits per heavy atom. The largest absolute Gasteiger partial charge is 0.484 e. The first-order chi connectivity index (χ1) is 10.6. The van der Waals surface area contributed by atoms with Gasteiger partial charge < -0.3 is 15.4 Å². The van der Waals surface area contributed by atoms with Crippen molar-refractivity contribution in [2.45, 2.75) is 26.2 Å². The van der Waals surface area contributed by atoms with Crippen LogP contribution in [0.15, 0.2) is 24.3 Å². The van der Waals surface area contributed by atoms with Gasteiger partial charge in [-0.25, -0.2) is 0 Å². The maximum absolute atomic E-state index is 11.8. The molecule has 5 nitrogen and oxygen atoms in total. The van der Waals surface area contributed by atoms with Gasteiger partial charge in [-0.05, 0) is 57.3 Å². The number of carbonyl (C=O) groups is 2. The molecule has 1 atom stereocenters. The number of Topliss-reactive ketones (excluding diaryl/α,β-unsaturated/α-hetero) is 1. The average molecular weight is 341 g/mol. The second kappa shape index (κ2) is 10.2. The van der Waals surface area contributed by atoms with Crippen LogP contribution in [0.3, 0.4) is 0 Å². The Morgan fingerprint density at radius 1 is 1.39 bits per heavy atom. The highest BCUT2D eigenvalue weighted by molar-refractivity contribution is 5.94. The zero-order valence-corrected chi connectivity index (χ0v) is 14.3. The first-order valence-corrected chi connectivity index (χ1v) is 7.86. The average Bonchev–Trinajstić information content (AvgIpc) is 2.54. The molecule has 0 radical (unpaired) electrons. The molecular weight excluding hydrogens is 316 g/mol. The van der Waals surface area contributed by atoms with E-state index in [0.717, 1.165) is 19.5 Å². The lowest BCUT2D eigenvalue weighted by Gasteiger charge is -2.22. The summed E-state index contributed by atoms with van der Waals surface area (Å²) in [6.07, 6.45) is 3.45. The Hall–Kier alpha value is -1.59. The van der Waals surface area contributed by atoms with E-state index in [0.29, 0.717) is 23.8 Å². The van der Waals surface area contributed by atoms with Gasteiger partial charge in [-0.3, -0.25) is 9.59 Å². The number of benzene rings is 1. The minimum Gasteiger partial charge on any atom is -0.484 e. The van der Waals surface area contributed by atoms with Crippen molar-refractivity contribution in [3.8, 4) is 5.75 Å². The van der Waals surface area contributed by atoms with Crippen molar-refractivity contribution in [2.75, 3.05) is 26.2 Å². The number of hydrogen-bond acceptors (Lipinski definition) is 4. The van der Waals surface area contributed by atoms with E-state index in [4.69, 9.17) is 4.74 Å². The van der Waals surface area contributed by atoms with E-state index in [9.17, 15) is 9.59 Å². The van der Waals surface area contributed by atoms with Crippen molar-refractivity contribution < 1.29 is 14.3 Å². The number of halogens is 1. The molecule has 1 unspecified atom stereocenters. The summed E-state index contributed by atoms with van der Waals surface area (Å²) in [5.41, 5.74) is 0.586. The van der Waals surface area contributed by atoms with Crippen LogP contribution in [-0.4, -0.2) is 37.9 Å². The maximum atomic E-state index is 11.8. The Bertz CT molecular complexity index is 516. The molecule has 1 saturated heterocycles. The second-order valence-corrected chi connectivity index (χ2v) is 5.72. The summed E-state index contributed by atoms with van der Waals surface area (Å²) in [5, 5.41) is 6.25. The molecule has 1 heterocycles. The van der Waals surface area contributed by atoms with Crippen LogP contribution < -0.4 is 15.4 Å². The predicted molar refractivity (Wildman–Crippen MR) is 92.4 cm³/mol. The Kier molecular flexibility index (Phi) is 8.66. The van der Waals surface area contributed by atoms with Gasteiger partial charge in [0.25, 0.3) is 5.91 Å². The molecule has 0 saturated carbocycles. The van der Waals surface area contributed by atoms with Crippen molar-refractivity contribution >= 4 is 24.1 Å². The molecule has 1 aromatic rings. The summed E-state index contributed by atoms with van der Waals surface area (Å²) in [7, 11) is 0. The van der Waals surface area contributed by atoms with Crippen LogP contribution in [0.5, 0.6) is 5.75 Å². The number of amides is 1. The lowest BCUT2D eigenvalue weighted by molar-refractivity contribution is -0.123. The summed E-state index contributed by atoms with van der Waals surface area (Å²) in [6.45, 7) is 4.32. The van der Waals surface area contributed by atoms with Crippen LogP contribution in [0, 0.1) is 5.92 Å².